The van der Waals surface area contributed by atoms with Crippen LogP contribution in [0, 0.1) is 0 Å². The lowest BCUT2D eigenvalue weighted by Gasteiger charge is -2.14. The molecular weight excluding hydrogens is 176 g/mol. The topological polar surface area (TPSA) is 0 Å². The standard InChI is InChI=1S/C12H14.H2S/c1-3-7-11(8-4-1)12-9-5-2-6-10-12;/h1-3,5,7,9H,4,6,8,10H2;1H2. The van der Waals surface area contributed by atoms with E-state index in [0.29, 0.717) is 0 Å². The van der Waals surface area contributed by atoms with Gasteiger partial charge in [-0.25, -0.2) is 0 Å². The molecule has 70 valence electrons. The van der Waals surface area contributed by atoms with Crippen molar-refractivity contribution in [3.63, 3.8) is 0 Å². The predicted octanol–water partition coefficient (Wildman–Crippen LogP) is 3.65. The lowest BCUT2D eigenvalue weighted by Crippen LogP contribution is -1.94. The molecule has 0 heterocycles. The number of allylic oxidation sites excluding steroid dienone is 8. The van der Waals surface area contributed by atoms with Crippen molar-refractivity contribution in [2.24, 2.45) is 0 Å². The van der Waals surface area contributed by atoms with Gasteiger partial charge in [-0.1, -0.05) is 36.5 Å². The van der Waals surface area contributed by atoms with Gasteiger partial charge in [-0.3, -0.25) is 0 Å². The fourth-order valence-corrected chi connectivity index (χ4v) is 1.74. The summed E-state index contributed by atoms with van der Waals surface area (Å²) in [5.41, 5.74) is 3.09. The van der Waals surface area contributed by atoms with Gasteiger partial charge in [0.05, 0.1) is 0 Å². The predicted molar refractivity (Wildman–Crippen MR) is 63.3 cm³/mol. The van der Waals surface area contributed by atoms with E-state index in [4.69, 9.17) is 0 Å². The van der Waals surface area contributed by atoms with Gasteiger partial charge in [0, 0.05) is 0 Å². The largest absolute Gasteiger partial charge is 0.197 e. The van der Waals surface area contributed by atoms with Crippen LogP contribution in [0.25, 0.3) is 0 Å². The Hall–Kier alpha value is -0.690. The van der Waals surface area contributed by atoms with Gasteiger partial charge < -0.3 is 0 Å². The van der Waals surface area contributed by atoms with E-state index in [1.807, 2.05) is 0 Å². The molecule has 0 nitrogen and oxygen atoms in total. The summed E-state index contributed by atoms with van der Waals surface area (Å²) in [5, 5.41) is 0. The lowest BCUT2D eigenvalue weighted by molar-refractivity contribution is 0.898. The van der Waals surface area contributed by atoms with Gasteiger partial charge in [-0.2, -0.15) is 13.5 Å². The van der Waals surface area contributed by atoms with Crippen LogP contribution in [-0.2, 0) is 0 Å². The summed E-state index contributed by atoms with van der Waals surface area (Å²) in [6, 6.07) is 0. The molecule has 0 saturated heterocycles. The fraction of sp³-hybridized carbons (Fsp3) is 0.333. The van der Waals surface area contributed by atoms with Gasteiger partial charge in [0.25, 0.3) is 0 Å². The molecule has 13 heavy (non-hydrogen) atoms. The average molecular weight is 192 g/mol. The highest BCUT2D eigenvalue weighted by Crippen LogP contribution is 2.25. The zero-order valence-electron chi connectivity index (χ0n) is 7.79. The zero-order valence-corrected chi connectivity index (χ0v) is 8.79. The summed E-state index contributed by atoms with van der Waals surface area (Å²) in [6.45, 7) is 0. The van der Waals surface area contributed by atoms with Crippen LogP contribution in [0.3, 0.4) is 0 Å². The molecule has 0 aromatic rings. The molecule has 0 saturated carbocycles. The first-order valence-corrected chi connectivity index (χ1v) is 4.68. The van der Waals surface area contributed by atoms with Crippen molar-refractivity contribution in [1.82, 2.24) is 0 Å². The fourth-order valence-electron chi connectivity index (χ4n) is 1.74. The second-order valence-corrected chi connectivity index (χ2v) is 3.32. The average Bonchev–Trinajstić information content (AvgIpc) is 2.21. The Morgan fingerprint density at radius 3 is 1.54 bits per heavy atom. The molecule has 0 fully saturated rings. The highest BCUT2D eigenvalue weighted by molar-refractivity contribution is 7.59. The van der Waals surface area contributed by atoms with Crippen LogP contribution in [0.2, 0.25) is 0 Å². The summed E-state index contributed by atoms with van der Waals surface area (Å²) >= 11 is 0. The van der Waals surface area contributed by atoms with Crippen LogP contribution in [0.15, 0.2) is 47.6 Å². The molecule has 0 bridgehead atoms. The van der Waals surface area contributed by atoms with Gasteiger partial charge in [-0.05, 0) is 36.8 Å². The highest BCUT2D eigenvalue weighted by atomic mass is 32.1. The minimum Gasteiger partial charge on any atom is -0.197 e. The van der Waals surface area contributed by atoms with Crippen LogP contribution < -0.4 is 0 Å². The van der Waals surface area contributed by atoms with Gasteiger partial charge >= 0.3 is 0 Å². The van der Waals surface area contributed by atoms with Crippen LogP contribution in [0.4, 0.5) is 0 Å². The molecule has 0 unspecified atom stereocenters. The van der Waals surface area contributed by atoms with Crippen molar-refractivity contribution in [2.75, 3.05) is 0 Å². The van der Waals surface area contributed by atoms with Gasteiger partial charge in [0.2, 0.25) is 0 Å². The van der Waals surface area contributed by atoms with Crippen LogP contribution in [0.1, 0.15) is 25.7 Å². The molecule has 0 N–H and O–H groups in total. The normalized spacial score (nSPS) is 20.3. The van der Waals surface area contributed by atoms with Crippen molar-refractivity contribution in [3.05, 3.63) is 47.6 Å². The molecule has 0 amide bonds. The molecular formula is C12H16S. The quantitative estimate of drug-likeness (QED) is 0.595. The van der Waals surface area contributed by atoms with E-state index < -0.39 is 0 Å². The third-order valence-corrected chi connectivity index (χ3v) is 2.44. The van der Waals surface area contributed by atoms with E-state index in [9.17, 15) is 0 Å². The number of hydrogen-bond acceptors (Lipinski definition) is 0. The maximum Gasteiger partial charge on any atom is -0.0241 e. The third-order valence-electron chi connectivity index (χ3n) is 2.44. The molecule has 2 aliphatic rings. The first-order valence-electron chi connectivity index (χ1n) is 4.68. The molecule has 0 aliphatic heterocycles. The van der Waals surface area contributed by atoms with Gasteiger partial charge in [0.1, 0.15) is 0 Å². The minimum atomic E-state index is 0. The molecule has 0 spiro atoms. The first-order chi connectivity index (χ1) is 5.97. The Bertz CT molecular complexity index is 249. The Morgan fingerprint density at radius 1 is 0.769 bits per heavy atom. The second-order valence-electron chi connectivity index (χ2n) is 3.32. The molecule has 0 aromatic carbocycles. The summed E-state index contributed by atoms with van der Waals surface area (Å²) in [4.78, 5) is 0. The Balaban J connectivity index is 0.000000845. The molecule has 1 heteroatoms. The molecule has 0 radical (unpaired) electrons. The van der Waals surface area contributed by atoms with Crippen LogP contribution in [-0.4, -0.2) is 0 Å². The van der Waals surface area contributed by atoms with E-state index in [0.717, 1.165) is 0 Å². The molecule has 2 aliphatic carbocycles. The molecule has 0 aromatic heterocycles. The maximum absolute atomic E-state index is 2.26. The van der Waals surface area contributed by atoms with Crippen molar-refractivity contribution in [1.29, 1.82) is 0 Å². The Labute approximate surface area is 87.2 Å². The van der Waals surface area contributed by atoms with E-state index in [1.165, 1.54) is 25.7 Å². The van der Waals surface area contributed by atoms with E-state index in [1.54, 1.807) is 11.1 Å². The molecule has 2 rings (SSSR count). The third kappa shape index (κ3) is 2.63. The molecule has 0 atom stereocenters. The lowest BCUT2D eigenvalue weighted by atomic mass is 9.92. The van der Waals surface area contributed by atoms with Crippen LogP contribution in [0.5, 0.6) is 0 Å². The highest BCUT2D eigenvalue weighted by Gasteiger charge is 2.06. The van der Waals surface area contributed by atoms with Crippen LogP contribution >= 0.6 is 13.5 Å². The summed E-state index contributed by atoms with van der Waals surface area (Å²) in [7, 11) is 0. The van der Waals surface area contributed by atoms with Gasteiger partial charge in [-0.15, -0.1) is 0 Å². The van der Waals surface area contributed by atoms with Gasteiger partial charge in [0.15, 0.2) is 0 Å². The number of hydrogen-bond donors (Lipinski definition) is 0. The summed E-state index contributed by atoms with van der Waals surface area (Å²) in [5.74, 6) is 0. The van der Waals surface area contributed by atoms with Crippen molar-refractivity contribution in [3.8, 4) is 0 Å². The number of rotatable bonds is 1. The minimum absolute atomic E-state index is 0. The zero-order chi connectivity index (χ0) is 8.23. The smallest absolute Gasteiger partial charge is 0.0241 e. The maximum atomic E-state index is 2.26. The Morgan fingerprint density at radius 2 is 1.23 bits per heavy atom. The summed E-state index contributed by atoms with van der Waals surface area (Å²) in [6.07, 6.45) is 18.2. The van der Waals surface area contributed by atoms with E-state index in [2.05, 4.69) is 36.5 Å². The summed E-state index contributed by atoms with van der Waals surface area (Å²) < 4.78 is 0. The van der Waals surface area contributed by atoms with E-state index in [-0.39, 0.29) is 13.5 Å². The second kappa shape index (κ2) is 5.13. The van der Waals surface area contributed by atoms with E-state index >= 15 is 0 Å². The van der Waals surface area contributed by atoms with Crippen molar-refractivity contribution >= 4 is 13.5 Å². The Kier molecular flexibility index (Phi) is 4.10. The first kappa shape index (κ1) is 10.4. The SMILES string of the molecule is C1=CCCC(C2=CC=CCC2)=C1.S. The van der Waals surface area contributed by atoms with Crippen molar-refractivity contribution in [2.45, 2.75) is 25.7 Å². The van der Waals surface area contributed by atoms with Crippen molar-refractivity contribution < 1.29 is 0 Å². The monoisotopic (exact) mass is 192 g/mol.